The molecule has 0 rings (SSSR count). The van der Waals surface area contributed by atoms with E-state index in [1.54, 1.807) is 7.05 Å². The maximum absolute atomic E-state index is 12.3. The maximum Gasteiger partial charge on any atom is 0.410 e. The Bertz CT molecular complexity index is 491. The van der Waals surface area contributed by atoms with Crippen molar-refractivity contribution in [2.24, 2.45) is 11.0 Å². The highest BCUT2D eigenvalue weighted by atomic mass is 28.4. The van der Waals surface area contributed by atoms with Crippen LogP contribution in [0.3, 0.4) is 0 Å². The number of rotatable bonds is 7. The summed E-state index contributed by atoms with van der Waals surface area (Å²) in [5.74, 6) is -0.00471. The Balaban J connectivity index is 5.26. The summed E-state index contributed by atoms with van der Waals surface area (Å²) in [7, 11) is -0.327. The average molecular weight is 373 g/mol. The normalized spacial score (nSPS) is 15.1. The summed E-state index contributed by atoms with van der Waals surface area (Å²) in [5, 5.41) is 3.73. The SMILES string of the molecule is C[C@H](CN=[N+]=[N-])[C@@H](CN(C)C(=O)OC(C)(C)C)O[Si](C)(C)C(C)(C)C. The van der Waals surface area contributed by atoms with Crippen LogP contribution in [-0.2, 0) is 9.16 Å². The maximum atomic E-state index is 12.3. The van der Waals surface area contributed by atoms with Crippen LogP contribution in [0.5, 0.6) is 0 Å². The molecule has 0 saturated carbocycles. The Kier molecular flexibility index (Phi) is 8.47. The summed E-state index contributed by atoms with van der Waals surface area (Å²) in [6.07, 6.45) is -0.601. The smallest absolute Gasteiger partial charge is 0.410 e. The summed E-state index contributed by atoms with van der Waals surface area (Å²) in [5.41, 5.74) is 8.05. The third-order valence-electron chi connectivity index (χ3n) is 4.48. The Morgan fingerprint density at radius 2 is 1.76 bits per heavy atom. The lowest BCUT2D eigenvalue weighted by molar-refractivity contribution is 0.0170. The molecule has 0 aliphatic rings. The molecule has 0 aliphatic heterocycles. The lowest BCUT2D eigenvalue weighted by Gasteiger charge is -2.41. The zero-order valence-electron chi connectivity index (χ0n) is 17.6. The van der Waals surface area contributed by atoms with Gasteiger partial charge in [-0.25, -0.2) is 4.79 Å². The molecule has 0 fully saturated rings. The van der Waals surface area contributed by atoms with Crippen LogP contribution in [0.2, 0.25) is 18.1 Å². The molecule has 0 aromatic carbocycles. The van der Waals surface area contributed by atoms with Gasteiger partial charge in [0.2, 0.25) is 0 Å². The van der Waals surface area contributed by atoms with Gasteiger partial charge in [-0.1, -0.05) is 32.8 Å². The minimum atomic E-state index is -2.03. The van der Waals surface area contributed by atoms with E-state index in [1.807, 2.05) is 27.7 Å². The van der Waals surface area contributed by atoms with E-state index in [2.05, 4.69) is 43.9 Å². The van der Waals surface area contributed by atoms with Gasteiger partial charge in [0.25, 0.3) is 0 Å². The van der Waals surface area contributed by atoms with E-state index in [0.29, 0.717) is 13.1 Å². The zero-order valence-corrected chi connectivity index (χ0v) is 18.6. The number of carbonyl (C=O) groups excluding carboxylic acids is 1. The number of hydrogen-bond acceptors (Lipinski definition) is 4. The fraction of sp³-hybridized carbons (Fsp3) is 0.941. The number of likely N-dealkylation sites (N-methyl/N-ethyl adjacent to an activating group) is 1. The molecule has 0 bridgehead atoms. The van der Waals surface area contributed by atoms with Crippen LogP contribution in [0.4, 0.5) is 4.79 Å². The first-order valence-electron chi connectivity index (χ1n) is 8.73. The van der Waals surface area contributed by atoms with Crippen LogP contribution in [0, 0.1) is 5.92 Å². The number of amides is 1. The summed E-state index contributed by atoms with van der Waals surface area (Å²) in [6.45, 7) is 19.1. The van der Waals surface area contributed by atoms with Crippen molar-refractivity contribution in [1.82, 2.24) is 4.90 Å². The van der Waals surface area contributed by atoms with Crippen LogP contribution in [0.25, 0.3) is 10.4 Å². The van der Waals surface area contributed by atoms with E-state index >= 15 is 0 Å². The first-order chi connectivity index (χ1) is 11.1. The third kappa shape index (κ3) is 8.60. The molecular formula is C17H36N4O3Si. The van der Waals surface area contributed by atoms with Gasteiger partial charge in [0.05, 0.1) is 6.10 Å². The highest BCUT2D eigenvalue weighted by Gasteiger charge is 2.40. The monoisotopic (exact) mass is 372 g/mol. The quantitative estimate of drug-likeness (QED) is 0.266. The topological polar surface area (TPSA) is 87.5 Å². The summed E-state index contributed by atoms with van der Waals surface area (Å²) < 4.78 is 11.9. The minimum absolute atomic E-state index is 0.00471. The van der Waals surface area contributed by atoms with Crippen molar-refractivity contribution in [2.45, 2.75) is 78.3 Å². The van der Waals surface area contributed by atoms with Crippen LogP contribution in [-0.4, -0.2) is 51.2 Å². The zero-order chi connectivity index (χ0) is 20.1. The second-order valence-corrected chi connectivity index (χ2v) is 13.9. The van der Waals surface area contributed by atoms with Gasteiger partial charge in [0, 0.05) is 25.0 Å². The molecule has 146 valence electrons. The van der Waals surface area contributed by atoms with Gasteiger partial charge in [-0.2, -0.15) is 0 Å². The molecule has 2 atom stereocenters. The van der Waals surface area contributed by atoms with Gasteiger partial charge < -0.3 is 14.1 Å². The highest BCUT2D eigenvalue weighted by Crippen LogP contribution is 2.38. The fourth-order valence-corrected chi connectivity index (χ4v) is 3.27. The number of hydrogen-bond donors (Lipinski definition) is 0. The number of azide groups is 1. The first-order valence-corrected chi connectivity index (χ1v) is 11.6. The Hall–Kier alpha value is -1.24. The fourth-order valence-electron chi connectivity index (χ4n) is 1.86. The third-order valence-corrected chi connectivity index (χ3v) is 8.98. The van der Waals surface area contributed by atoms with Crippen LogP contribution in [0.1, 0.15) is 48.5 Å². The molecule has 0 N–H and O–H groups in total. The molecule has 0 heterocycles. The molecule has 0 aromatic rings. The van der Waals surface area contributed by atoms with Crippen molar-refractivity contribution < 1.29 is 14.0 Å². The molecule has 25 heavy (non-hydrogen) atoms. The molecule has 0 spiro atoms. The molecule has 1 amide bonds. The van der Waals surface area contributed by atoms with Gasteiger partial charge in [0.15, 0.2) is 8.32 Å². The highest BCUT2D eigenvalue weighted by molar-refractivity contribution is 6.74. The molecule has 0 radical (unpaired) electrons. The molecule has 0 aliphatic carbocycles. The van der Waals surface area contributed by atoms with E-state index < -0.39 is 13.9 Å². The van der Waals surface area contributed by atoms with Gasteiger partial charge in [-0.3, -0.25) is 0 Å². The summed E-state index contributed by atoms with van der Waals surface area (Å²) >= 11 is 0. The number of nitrogens with zero attached hydrogens (tertiary/aromatic N) is 4. The van der Waals surface area contributed by atoms with Crippen LogP contribution >= 0.6 is 0 Å². The van der Waals surface area contributed by atoms with Crippen molar-refractivity contribution in [3.05, 3.63) is 10.4 Å². The molecule has 0 aromatic heterocycles. The Morgan fingerprint density at radius 3 is 2.16 bits per heavy atom. The van der Waals surface area contributed by atoms with Crippen molar-refractivity contribution in [3.63, 3.8) is 0 Å². The molecular weight excluding hydrogens is 336 g/mol. The van der Waals surface area contributed by atoms with Crippen molar-refractivity contribution in [1.29, 1.82) is 0 Å². The second-order valence-electron chi connectivity index (χ2n) is 9.17. The lowest BCUT2D eigenvalue weighted by atomic mass is 10.1. The first kappa shape index (κ1) is 23.8. The molecule has 0 unspecified atom stereocenters. The Morgan fingerprint density at radius 1 is 1.24 bits per heavy atom. The van der Waals surface area contributed by atoms with E-state index in [-0.39, 0.29) is 23.2 Å². The number of ether oxygens (including phenoxy) is 1. The summed E-state index contributed by atoms with van der Waals surface area (Å²) in [6, 6.07) is 0. The predicted octanol–water partition coefficient (Wildman–Crippen LogP) is 5.19. The molecule has 0 saturated heterocycles. The predicted molar refractivity (Wildman–Crippen MR) is 104 cm³/mol. The van der Waals surface area contributed by atoms with Gasteiger partial charge in [-0.15, -0.1) is 0 Å². The van der Waals surface area contributed by atoms with E-state index in [1.165, 1.54) is 4.90 Å². The van der Waals surface area contributed by atoms with E-state index in [0.717, 1.165) is 0 Å². The number of carbonyl (C=O) groups is 1. The van der Waals surface area contributed by atoms with Crippen molar-refractivity contribution >= 4 is 14.4 Å². The average Bonchev–Trinajstić information content (AvgIpc) is 2.40. The van der Waals surface area contributed by atoms with Gasteiger partial charge >= 0.3 is 6.09 Å². The van der Waals surface area contributed by atoms with Gasteiger partial charge in [-0.05, 0) is 50.4 Å². The largest absolute Gasteiger partial charge is 0.444 e. The van der Waals surface area contributed by atoms with Gasteiger partial charge in [0.1, 0.15) is 5.60 Å². The van der Waals surface area contributed by atoms with E-state index in [9.17, 15) is 4.79 Å². The standard InChI is InChI=1S/C17H36N4O3Si/c1-13(11-19-20-18)14(24-25(9,10)17(5,6)7)12-21(8)15(22)23-16(2,3)4/h13-14H,11-12H2,1-10H3/t13-,14-/m1/s1. The lowest BCUT2D eigenvalue weighted by Crippen LogP contribution is -2.50. The molecule has 8 heteroatoms. The van der Waals surface area contributed by atoms with Crippen molar-refractivity contribution in [3.8, 4) is 0 Å². The minimum Gasteiger partial charge on any atom is -0.444 e. The van der Waals surface area contributed by atoms with Crippen molar-refractivity contribution in [2.75, 3.05) is 20.1 Å². The summed E-state index contributed by atoms with van der Waals surface area (Å²) in [4.78, 5) is 16.6. The van der Waals surface area contributed by atoms with E-state index in [4.69, 9.17) is 14.7 Å². The molecule has 7 nitrogen and oxygen atoms in total. The second kappa shape index (κ2) is 8.92. The van der Waals surface area contributed by atoms with Crippen LogP contribution in [0.15, 0.2) is 5.11 Å². The van der Waals surface area contributed by atoms with Crippen LogP contribution < -0.4 is 0 Å². The Labute approximate surface area is 153 Å².